The van der Waals surface area contributed by atoms with Crippen molar-refractivity contribution in [3.8, 4) is 0 Å². The van der Waals surface area contributed by atoms with Gasteiger partial charge >= 0.3 is 6.03 Å². The van der Waals surface area contributed by atoms with E-state index >= 15 is 0 Å². The molecule has 86 valence electrons. The second kappa shape index (κ2) is 4.09. The number of hydrogen-bond donors (Lipinski definition) is 2. The van der Waals surface area contributed by atoms with Crippen LogP contribution >= 0.6 is 0 Å². The van der Waals surface area contributed by atoms with Crippen LogP contribution < -0.4 is 5.73 Å². The number of hydroxylamine groups is 2. The molecule has 0 radical (unpaired) electrons. The van der Waals surface area contributed by atoms with E-state index < -0.39 is 6.03 Å². The van der Waals surface area contributed by atoms with Crippen molar-refractivity contribution in [1.82, 2.24) is 5.06 Å². The first-order chi connectivity index (χ1) is 7.59. The van der Waals surface area contributed by atoms with Crippen LogP contribution in [-0.2, 0) is 0 Å². The molecule has 1 saturated carbocycles. The smallest absolute Gasteiger partial charge is 0.338 e. The zero-order valence-corrected chi connectivity index (χ0v) is 8.64. The molecule has 1 aliphatic carbocycles. The van der Waals surface area contributed by atoms with E-state index in [1.54, 1.807) is 18.2 Å². The fourth-order valence-electron chi connectivity index (χ4n) is 2.03. The van der Waals surface area contributed by atoms with Gasteiger partial charge in [-0.15, -0.1) is 0 Å². The van der Waals surface area contributed by atoms with E-state index in [-0.39, 0.29) is 17.8 Å². The molecule has 1 aromatic carbocycles. The lowest BCUT2D eigenvalue weighted by Gasteiger charge is -2.39. The van der Waals surface area contributed by atoms with Crippen molar-refractivity contribution in [2.75, 3.05) is 0 Å². The van der Waals surface area contributed by atoms with Crippen molar-refractivity contribution >= 4 is 6.03 Å². The average molecular weight is 224 g/mol. The van der Waals surface area contributed by atoms with Gasteiger partial charge in [-0.2, -0.15) is 0 Å². The lowest BCUT2D eigenvalue weighted by Crippen LogP contribution is -2.47. The highest BCUT2D eigenvalue weighted by molar-refractivity contribution is 5.71. The van der Waals surface area contributed by atoms with Crippen molar-refractivity contribution < 1.29 is 14.4 Å². The van der Waals surface area contributed by atoms with Crippen LogP contribution in [0.2, 0.25) is 0 Å². The van der Waals surface area contributed by atoms with Crippen molar-refractivity contribution in [2.24, 2.45) is 5.73 Å². The Morgan fingerprint density at radius 3 is 2.62 bits per heavy atom. The van der Waals surface area contributed by atoms with Crippen LogP contribution in [0.15, 0.2) is 24.3 Å². The lowest BCUT2D eigenvalue weighted by molar-refractivity contribution is -0.102. The molecule has 5 heteroatoms. The number of urea groups is 1. The fourth-order valence-corrected chi connectivity index (χ4v) is 2.03. The van der Waals surface area contributed by atoms with Gasteiger partial charge < -0.3 is 5.73 Å². The van der Waals surface area contributed by atoms with Gasteiger partial charge in [0.05, 0.1) is 6.04 Å². The molecule has 0 atom stereocenters. The zero-order chi connectivity index (χ0) is 11.7. The van der Waals surface area contributed by atoms with E-state index in [9.17, 15) is 14.4 Å². The molecular formula is C11H13FN2O2. The molecule has 0 unspecified atom stereocenters. The highest BCUT2D eigenvalue weighted by Gasteiger charge is 2.36. The molecule has 0 saturated heterocycles. The molecule has 0 bridgehead atoms. The van der Waals surface area contributed by atoms with Gasteiger partial charge in [-0.25, -0.2) is 14.2 Å². The summed E-state index contributed by atoms with van der Waals surface area (Å²) < 4.78 is 13.4. The summed E-state index contributed by atoms with van der Waals surface area (Å²) in [5, 5.41) is 9.77. The topological polar surface area (TPSA) is 66.6 Å². The standard InChI is InChI=1S/C11H13FN2O2/c12-10-4-2-1-3-9(10)7-5-8(6-7)14(16)11(13)15/h1-4,7-8,16H,5-6H2,(H2,13,15). The minimum absolute atomic E-state index is 0.0557. The largest absolute Gasteiger partial charge is 0.350 e. The molecule has 1 fully saturated rings. The molecule has 0 heterocycles. The molecular weight excluding hydrogens is 211 g/mol. The number of halogens is 1. The number of benzene rings is 1. The molecule has 16 heavy (non-hydrogen) atoms. The summed E-state index contributed by atoms with van der Waals surface area (Å²) in [4.78, 5) is 10.7. The van der Waals surface area contributed by atoms with Crippen molar-refractivity contribution in [3.05, 3.63) is 35.6 Å². The van der Waals surface area contributed by atoms with E-state index in [2.05, 4.69) is 0 Å². The summed E-state index contributed by atoms with van der Waals surface area (Å²) in [6.45, 7) is 0. The Labute approximate surface area is 92.4 Å². The van der Waals surface area contributed by atoms with Crippen molar-refractivity contribution in [3.63, 3.8) is 0 Å². The molecule has 3 N–H and O–H groups in total. The highest BCUT2D eigenvalue weighted by Crippen LogP contribution is 2.40. The molecule has 4 nitrogen and oxygen atoms in total. The van der Waals surface area contributed by atoms with Crippen molar-refractivity contribution in [2.45, 2.75) is 24.8 Å². The number of nitrogens with zero attached hydrogens (tertiary/aromatic N) is 1. The first kappa shape index (κ1) is 10.9. The maximum absolute atomic E-state index is 13.4. The number of carbonyl (C=O) groups excluding carboxylic acids is 1. The van der Waals surface area contributed by atoms with Gasteiger partial charge in [0, 0.05) is 0 Å². The van der Waals surface area contributed by atoms with Gasteiger partial charge in [0.15, 0.2) is 0 Å². The quantitative estimate of drug-likeness (QED) is 0.594. The van der Waals surface area contributed by atoms with E-state index in [4.69, 9.17) is 5.73 Å². The van der Waals surface area contributed by atoms with Gasteiger partial charge in [-0.1, -0.05) is 18.2 Å². The fraction of sp³-hybridized carbons (Fsp3) is 0.364. The Morgan fingerprint density at radius 1 is 1.44 bits per heavy atom. The summed E-state index contributed by atoms with van der Waals surface area (Å²) in [7, 11) is 0. The van der Waals surface area contributed by atoms with E-state index in [0.29, 0.717) is 23.5 Å². The third-order valence-corrected chi connectivity index (χ3v) is 3.03. The number of carbonyl (C=O) groups is 1. The Kier molecular flexibility index (Phi) is 2.78. The molecule has 0 spiro atoms. The third-order valence-electron chi connectivity index (χ3n) is 3.03. The molecule has 1 aromatic rings. The Bertz CT molecular complexity index is 405. The van der Waals surface area contributed by atoms with Crippen LogP contribution in [0.5, 0.6) is 0 Å². The molecule has 0 aromatic heterocycles. The summed E-state index contributed by atoms with van der Waals surface area (Å²) in [5.74, 6) is -0.185. The van der Waals surface area contributed by atoms with Crippen LogP contribution in [0.4, 0.5) is 9.18 Å². The van der Waals surface area contributed by atoms with E-state index in [0.717, 1.165) is 0 Å². The van der Waals surface area contributed by atoms with Gasteiger partial charge in [-0.05, 0) is 30.4 Å². The SMILES string of the molecule is NC(=O)N(O)C1CC(c2ccccc2F)C1. The van der Waals surface area contributed by atoms with Crippen LogP contribution in [0.3, 0.4) is 0 Å². The Hall–Kier alpha value is -1.62. The average Bonchev–Trinajstić information content (AvgIpc) is 2.18. The first-order valence-electron chi connectivity index (χ1n) is 5.11. The second-order valence-corrected chi connectivity index (χ2v) is 4.03. The first-order valence-corrected chi connectivity index (χ1v) is 5.11. The summed E-state index contributed by atoms with van der Waals surface area (Å²) >= 11 is 0. The summed E-state index contributed by atoms with van der Waals surface area (Å²) in [5.41, 5.74) is 5.56. The molecule has 1 aliphatic rings. The van der Waals surface area contributed by atoms with Crippen LogP contribution in [-0.4, -0.2) is 22.3 Å². The number of hydrogen-bond acceptors (Lipinski definition) is 2. The van der Waals surface area contributed by atoms with Gasteiger partial charge in [0.2, 0.25) is 0 Å². The predicted octanol–water partition coefficient (Wildman–Crippen LogP) is 1.84. The number of amides is 2. The minimum Gasteiger partial charge on any atom is -0.350 e. The molecule has 2 amide bonds. The zero-order valence-electron chi connectivity index (χ0n) is 8.64. The molecule has 2 rings (SSSR count). The normalized spacial score (nSPS) is 23.6. The highest BCUT2D eigenvalue weighted by atomic mass is 19.1. The van der Waals surface area contributed by atoms with Gasteiger partial charge in [0.25, 0.3) is 0 Å². The van der Waals surface area contributed by atoms with Crippen LogP contribution in [0, 0.1) is 5.82 Å². The van der Waals surface area contributed by atoms with Crippen LogP contribution in [0.1, 0.15) is 24.3 Å². The predicted molar refractivity (Wildman–Crippen MR) is 55.4 cm³/mol. The lowest BCUT2D eigenvalue weighted by atomic mass is 9.75. The number of nitrogens with two attached hydrogens (primary N) is 1. The van der Waals surface area contributed by atoms with Crippen molar-refractivity contribution in [1.29, 1.82) is 0 Å². The summed E-state index contributed by atoms with van der Waals surface area (Å²) in [6, 6.07) is 5.39. The van der Waals surface area contributed by atoms with Gasteiger partial charge in [-0.3, -0.25) is 5.21 Å². The van der Waals surface area contributed by atoms with Gasteiger partial charge in [0.1, 0.15) is 5.82 Å². The number of primary amides is 1. The maximum atomic E-state index is 13.4. The third kappa shape index (κ3) is 1.86. The second-order valence-electron chi connectivity index (χ2n) is 4.03. The van der Waals surface area contributed by atoms with E-state index in [1.165, 1.54) is 6.07 Å². The van der Waals surface area contributed by atoms with Crippen LogP contribution in [0.25, 0.3) is 0 Å². The van der Waals surface area contributed by atoms with E-state index in [1.807, 2.05) is 0 Å². The number of rotatable bonds is 2. The Morgan fingerprint density at radius 2 is 2.06 bits per heavy atom. The maximum Gasteiger partial charge on any atom is 0.338 e. The summed E-state index contributed by atoms with van der Waals surface area (Å²) in [6.07, 6.45) is 1.08. The monoisotopic (exact) mass is 224 g/mol. The molecule has 0 aliphatic heterocycles. The Balaban J connectivity index is 1.99. The minimum atomic E-state index is -0.864.